The Morgan fingerprint density at radius 3 is 1.96 bits per heavy atom. The van der Waals surface area contributed by atoms with Gasteiger partial charge in [-0.2, -0.15) is 0 Å². The average Bonchev–Trinajstić information content (AvgIpc) is 2.48. The molecule has 2 aromatic carbocycles. The maximum Gasteiger partial charge on any atom is 0.307 e. The molecule has 0 aromatic heterocycles. The van der Waals surface area contributed by atoms with E-state index in [-0.39, 0.29) is 11.1 Å². The van der Waals surface area contributed by atoms with Gasteiger partial charge < -0.3 is 25.5 Å². The molecule has 2 aromatic rings. The summed E-state index contributed by atoms with van der Waals surface area (Å²) in [4.78, 5) is 34.7. The molecule has 25 heavy (non-hydrogen) atoms. The number of aromatic hydroxyl groups is 4. The van der Waals surface area contributed by atoms with E-state index in [1.54, 1.807) is 0 Å². The molecular formula is C16H13NO8. The van der Waals surface area contributed by atoms with Gasteiger partial charge >= 0.3 is 5.97 Å². The third-order valence-electron chi connectivity index (χ3n) is 3.18. The quantitative estimate of drug-likeness (QED) is 0.347. The first-order chi connectivity index (χ1) is 11.7. The minimum Gasteiger partial charge on any atom is -0.508 e. The fraction of sp³-hybridized carbons (Fsp3) is 0.0625. The van der Waals surface area contributed by atoms with Crippen LogP contribution in [0.15, 0.2) is 30.3 Å². The summed E-state index contributed by atoms with van der Waals surface area (Å²) in [7, 11) is 0. The van der Waals surface area contributed by atoms with Gasteiger partial charge in [-0.15, -0.1) is 0 Å². The topological polar surface area (TPSA) is 164 Å². The van der Waals surface area contributed by atoms with Gasteiger partial charge in [-0.25, -0.2) is 0 Å². The smallest absolute Gasteiger partial charge is 0.307 e. The zero-order valence-electron chi connectivity index (χ0n) is 12.6. The van der Waals surface area contributed by atoms with E-state index in [0.29, 0.717) is 0 Å². The first kappa shape index (κ1) is 17.6. The fourth-order valence-corrected chi connectivity index (χ4v) is 2.08. The first-order valence-electron chi connectivity index (χ1n) is 6.82. The Balaban J connectivity index is 2.24. The minimum atomic E-state index is -1.24. The Morgan fingerprint density at radius 1 is 0.800 bits per heavy atom. The van der Waals surface area contributed by atoms with Crippen molar-refractivity contribution < 1.29 is 39.9 Å². The molecule has 0 aliphatic rings. The van der Waals surface area contributed by atoms with Crippen molar-refractivity contribution in [2.45, 2.75) is 6.42 Å². The van der Waals surface area contributed by atoms with Crippen LogP contribution in [0.2, 0.25) is 0 Å². The third-order valence-corrected chi connectivity index (χ3v) is 3.18. The van der Waals surface area contributed by atoms with Crippen LogP contribution in [0.25, 0.3) is 0 Å². The molecule has 9 nitrogen and oxygen atoms in total. The highest BCUT2D eigenvalue weighted by Crippen LogP contribution is 2.28. The number of carbonyl (C=O) groups excluding carboxylic acids is 2. The van der Waals surface area contributed by atoms with E-state index in [9.17, 15) is 34.8 Å². The molecule has 0 radical (unpaired) electrons. The Bertz CT molecular complexity index is 854. The maximum atomic E-state index is 12.1. The highest BCUT2D eigenvalue weighted by atomic mass is 16.4. The van der Waals surface area contributed by atoms with Crippen molar-refractivity contribution in [3.8, 4) is 23.0 Å². The Morgan fingerprint density at radius 2 is 1.40 bits per heavy atom. The molecule has 0 atom stereocenters. The van der Waals surface area contributed by atoms with Crippen LogP contribution in [0.4, 0.5) is 0 Å². The SMILES string of the molecule is O=C(O)Cc1cc(O)c(C(=O)NC(=O)c2cc(O)cc(O)c2)cc1O. The van der Waals surface area contributed by atoms with Crippen LogP contribution >= 0.6 is 0 Å². The number of phenols is 4. The minimum absolute atomic E-state index is 0.106. The summed E-state index contributed by atoms with van der Waals surface area (Å²) < 4.78 is 0. The molecule has 130 valence electrons. The lowest BCUT2D eigenvalue weighted by Gasteiger charge is -2.09. The third kappa shape index (κ3) is 4.16. The highest BCUT2D eigenvalue weighted by Gasteiger charge is 2.19. The summed E-state index contributed by atoms with van der Waals surface area (Å²) >= 11 is 0. The van der Waals surface area contributed by atoms with E-state index in [0.717, 1.165) is 30.3 Å². The lowest BCUT2D eigenvalue weighted by atomic mass is 10.1. The van der Waals surface area contributed by atoms with Gasteiger partial charge in [0.1, 0.15) is 23.0 Å². The molecule has 0 saturated carbocycles. The maximum absolute atomic E-state index is 12.1. The number of amides is 2. The van der Waals surface area contributed by atoms with Gasteiger partial charge in [0, 0.05) is 17.2 Å². The second-order valence-electron chi connectivity index (χ2n) is 5.09. The molecule has 2 rings (SSSR count). The predicted octanol–water partition coefficient (Wildman–Crippen LogP) is 0.706. The number of hydrogen-bond acceptors (Lipinski definition) is 7. The van der Waals surface area contributed by atoms with Gasteiger partial charge in [0.05, 0.1) is 12.0 Å². The molecule has 0 heterocycles. The largest absolute Gasteiger partial charge is 0.508 e. The van der Waals surface area contributed by atoms with Crippen molar-refractivity contribution in [3.63, 3.8) is 0 Å². The molecule has 0 saturated heterocycles. The zero-order valence-corrected chi connectivity index (χ0v) is 12.6. The van der Waals surface area contributed by atoms with Gasteiger partial charge in [-0.3, -0.25) is 19.7 Å². The lowest BCUT2D eigenvalue weighted by Crippen LogP contribution is -2.30. The number of rotatable bonds is 4. The van der Waals surface area contributed by atoms with E-state index < -0.39 is 52.8 Å². The van der Waals surface area contributed by atoms with E-state index in [2.05, 4.69) is 0 Å². The summed E-state index contributed by atoms with van der Waals surface area (Å²) in [5.41, 5.74) is -0.771. The molecule has 2 amide bonds. The lowest BCUT2D eigenvalue weighted by molar-refractivity contribution is -0.136. The molecule has 0 bridgehead atoms. The Labute approximate surface area is 140 Å². The molecule has 0 aliphatic carbocycles. The number of carboxylic acid groups (broad SMARTS) is 1. The Hall–Kier alpha value is -3.75. The average molecular weight is 347 g/mol. The van der Waals surface area contributed by atoms with Gasteiger partial charge in [0.15, 0.2) is 0 Å². The molecule has 0 unspecified atom stereocenters. The van der Waals surface area contributed by atoms with Crippen LogP contribution < -0.4 is 5.32 Å². The standard InChI is InChI=1S/C16H13NO8/c18-9-1-8(2-10(19)5-9)15(24)17-16(25)11-6-12(20)7(3-13(11)21)4-14(22)23/h1-3,5-6,18-21H,4H2,(H,22,23)(H,17,24,25). The summed E-state index contributed by atoms with van der Waals surface area (Å²) in [6.45, 7) is 0. The number of phenolic OH excluding ortho intramolecular Hbond substituents is 4. The number of benzene rings is 2. The van der Waals surface area contributed by atoms with Crippen LogP contribution in [0.1, 0.15) is 26.3 Å². The van der Waals surface area contributed by atoms with E-state index in [1.807, 2.05) is 5.32 Å². The number of carbonyl (C=O) groups is 3. The summed E-state index contributed by atoms with van der Waals surface area (Å²) in [6, 6.07) is 4.74. The van der Waals surface area contributed by atoms with Crippen molar-refractivity contribution in [2.24, 2.45) is 0 Å². The first-order valence-corrected chi connectivity index (χ1v) is 6.82. The fourth-order valence-electron chi connectivity index (χ4n) is 2.08. The van der Waals surface area contributed by atoms with Crippen molar-refractivity contribution in [3.05, 3.63) is 47.0 Å². The van der Waals surface area contributed by atoms with Gasteiger partial charge in [0.25, 0.3) is 11.8 Å². The van der Waals surface area contributed by atoms with Gasteiger partial charge in [-0.05, 0) is 24.3 Å². The number of imide groups is 1. The predicted molar refractivity (Wildman–Crippen MR) is 82.7 cm³/mol. The van der Waals surface area contributed by atoms with E-state index >= 15 is 0 Å². The molecule has 0 fully saturated rings. The molecular weight excluding hydrogens is 334 g/mol. The van der Waals surface area contributed by atoms with Crippen LogP contribution in [0, 0.1) is 0 Å². The van der Waals surface area contributed by atoms with Gasteiger partial charge in [-0.1, -0.05) is 0 Å². The molecule has 0 spiro atoms. The van der Waals surface area contributed by atoms with Crippen molar-refractivity contribution >= 4 is 17.8 Å². The monoisotopic (exact) mass is 347 g/mol. The van der Waals surface area contributed by atoms with E-state index in [4.69, 9.17) is 5.11 Å². The van der Waals surface area contributed by atoms with Crippen molar-refractivity contribution in [2.75, 3.05) is 0 Å². The van der Waals surface area contributed by atoms with Gasteiger partial charge in [0.2, 0.25) is 0 Å². The van der Waals surface area contributed by atoms with Crippen LogP contribution in [-0.4, -0.2) is 43.3 Å². The number of carboxylic acids is 1. The van der Waals surface area contributed by atoms with Crippen LogP contribution in [0.3, 0.4) is 0 Å². The number of aliphatic carboxylic acids is 1. The molecule has 9 heteroatoms. The highest BCUT2D eigenvalue weighted by molar-refractivity contribution is 6.11. The number of nitrogens with one attached hydrogen (secondary N) is 1. The second kappa shape index (κ2) is 6.79. The summed E-state index contributed by atoms with van der Waals surface area (Å²) in [5, 5.41) is 48.8. The van der Waals surface area contributed by atoms with Crippen LogP contribution in [0.5, 0.6) is 23.0 Å². The second-order valence-corrected chi connectivity index (χ2v) is 5.09. The van der Waals surface area contributed by atoms with E-state index in [1.165, 1.54) is 0 Å². The molecule has 0 aliphatic heterocycles. The zero-order chi connectivity index (χ0) is 18.7. The normalized spacial score (nSPS) is 10.2. The number of hydrogen-bond donors (Lipinski definition) is 6. The van der Waals surface area contributed by atoms with Crippen molar-refractivity contribution in [1.82, 2.24) is 5.32 Å². The van der Waals surface area contributed by atoms with Crippen molar-refractivity contribution in [1.29, 1.82) is 0 Å². The summed E-state index contributed by atoms with van der Waals surface area (Å²) in [5.74, 6) is -5.23. The summed E-state index contributed by atoms with van der Waals surface area (Å²) in [6.07, 6.45) is -0.567. The molecule has 6 N–H and O–H groups in total. The Kier molecular flexibility index (Phi) is 4.78. The van der Waals surface area contributed by atoms with Crippen LogP contribution in [-0.2, 0) is 11.2 Å².